The third-order valence-corrected chi connectivity index (χ3v) is 9.68. The zero-order chi connectivity index (χ0) is 26.3. The lowest BCUT2D eigenvalue weighted by molar-refractivity contribution is -0.246. The molecule has 0 radical (unpaired) electrons. The van der Waals surface area contributed by atoms with Gasteiger partial charge in [-0.2, -0.15) is 0 Å². The van der Waals surface area contributed by atoms with Gasteiger partial charge in [0.05, 0.1) is 11.3 Å². The van der Waals surface area contributed by atoms with Gasteiger partial charge in [-0.15, -0.1) is 0 Å². The minimum Gasteiger partial charge on any atom is -0.465 e. The van der Waals surface area contributed by atoms with E-state index in [4.69, 9.17) is 14.2 Å². The Morgan fingerprint density at radius 3 is 2.59 bits per heavy atom. The highest BCUT2D eigenvalue weighted by Crippen LogP contribution is 2.71. The van der Waals surface area contributed by atoms with Gasteiger partial charge in [-0.3, -0.25) is 14.4 Å². The first kappa shape index (κ1) is 24.1. The quantitative estimate of drug-likeness (QED) is 0.265. The maximum Gasteiger partial charge on any atom is 0.331 e. The van der Waals surface area contributed by atoms with E-state index in [0.717, 1.165) is 0 Å². The number of fused-ring (bicyclic) bond motifs is 1. The number of Topliss-reactive ketones (excluding diaryl/α,β-unsaturated/α-hetero) is 1. The Bertz CT molecular complexity index is 1260. The largest absolute Gasteiger partial charge is 0.465 e. The van der Waals surface area contributed by atoms with Gasteiger partial charge in [0.2, 0.25) is 0 Å². The number of ketones is 1. The van der Waals surface area contributed by atoms with Crippen molar-refractivity contribution in [1.29, 1.82) is 0 Å². The zero-order valence-electron chi connectivity index (χ0n) is 20.8. The van der Waals surface area contributed by atoms with Crippen LogP contribution in [0.3, 0.4) is 0 Å². The molecule has 5 aliphatic rings. The Morgan fingerprint density at radius 2 is 1.86 bits per heavy atom. The molecule has 2 bridgehead atoms. The Morgan fingerprint density at radius 1 is 1.14 bits per heavy atom. The molecular formula is C29H29FO7. The minimum atomic E-state index is -1.75. The standard InChI is InChI=1S/C29H29FO7/c1-15-18-9-10-19-28-14-35-25(33)22(28)27(2,3)13-12-20(28)36-26(34)29(19,23(15)32)24(18)37-21(31)11-6-16-4-7-17(30)8-5-16/h4-8,11,18-20,22,24H,1,9-10,12-14H2,2-3H3/b11-6+/t18-,19-,20-,22+,24+,28+,29-/m0/s1. The van der Waals surface area contributed by atoms with Gasteiger partial charge in [-0.25, -0.2) is 9.18 Å². The molecule has 3 aliphatic carbocycles. The molecule has 37 heavy (non-hydrogen) atoms. The van der Waals surface area contributed by atoms with Crippen LogP contribution in [0.1, 0.15) is 45.1 Å². The van der Waals surface area contributed by atoms with E-state index in [9.17, 15) is 23.6 Å². The SMILES string of the molecule is C=C1C(=O)[C@@]23C(=O)O[C@H]4CCC(C)(C)[C@H]5C(=O)OC[C@@]45[C@@H]2CC[C@@H]1[C@H]3OC(=O)/C=C/c1ccc(F)cc1. The van der Waals surface area contributed by atoms with Gasteiger partial charge in [0, 0.05) is 12.0 Å². The molecule has 2 spiro atoms. The molecule has 8 heteroatoms. The van der Waals surface area contributed by atoms with Crippen LogP contribution in [0.25, 0.3) is 6.08 Å². The average molecular weight is 509 g/mol. The fourth-order valence-corrected chi connectivity index (χ4v) is 8.19. The monoisotopic (exact) mass is 508 g/mol. The molecule has 0 aromatic heterocycles. The zero-order valence-corrected chi connectivity index (χ0v) is 20.8. The van der Waals surface area contributed by atoms with Crippen molar-refractivity contribution >= 4 is 29.8 Å². The van der Waals surface area contributed by atoms with E-state index in [0.29, 0.717) is 31.2 Å². The Kier molecular flexibility index (Phi) is 5.11. The Hall–Kier alpha value is -3.29. The number of ether oxygens (including phenoxy) is 3. The third-order valence-electron chi connectivity index (χ3n) is 9.68. The van der Waals surface area contributed by atoms with Crippen LogP contribution in [0.5, 0.6) is 0 Å². The summed E-state index contributed by atoms with van der Waals surface area (Å²) >= 11 is 0. The molecule has 3 saturated carbocycles. The predicted molar refractivity (Wildman–Crippen MR) is 128 cm³/mol. The average Bonchev–Trinajstić information content (AvgIpc) is 3.27. The van der Waals surface area contributed by atoms with E-state index in [1.165, 1.54) is 36.4 Å². The molecule has 5 fully saturated rings. The van der Waals surface area contributed by atoms with Crippen LogP contribution in [0.2, 0.25) is 0 Å². The number of carbonyl (C=O) groups excluding carboxylic acids is 4. The second-order valence-corrected chi connectivity index (χ2v) is 11.8. The first-order valence-corrected chi connectivity index (χ1v) is 12.8. The van der Waals surface area contributed by atoms with Crippen molar-refractivity contribution in [2.24, 2.45) is 34.0 Å². The number of esters is 3. The van der Waals surface area contributed by atoms with Crippen molar-refractivity contribution in [1.82, 2.24) is 0 Å². The van der Waals surface area contributed by atoms with Gasteiger partial charge in [0.15, 0.2) is 11.2 Å². The predicted octanol–water partition coefficient (Wildman–Crippen LogP) is 3.81. The molecule has 6 rings (SSSR count). The van der Waals surface area contributed by atoms with E-state index >= 15 is 0 Å². The highest BCUT2D eigenvalue weighted by atomic mass is 19.1. The summed E-state index contributed by atoms with van der Waals surface area (Å²) < 4.78 is 30.8. The van der Waals surface area contributed by atoms with E-state index in [1.54, 1.807) is 0 Å². The molecule has 2 heterocycles. The molecular weight excluding hydrogens is 479 g/mol. The molecule has 7 atom stereocenters. The molecule has 1 aromatic carbocycles. The fourth-order valence-electron chi connectivity index (χ4n) is 8.19. The molecule has 194 valence electrons. The Balaban J connectivity index is 1.40. The maximum absolute atomic E-state index is 13.9. The van der Waals surface area contributed by atoms with E-state index in [2.05, 4.69) is 6.58 Å². The summed E-state index contributed by atoms with van der Waals surface area (Å²) in [4.78, 5) is 53.8. The highest BCUT2D eigenvalue weighted by molar-refractivity contribution is 6.16. The van der Waals surface area contributed by atoms with Crippen LogP contribution in [0, 0.1) is 39.8 Å². The summed E-state index contributed by atoms with van der Waals surface area (Å²) in [6.45, 7) is 8.09. The van der Waals surface area contributed by atoms with Crippen LogP contribution < -0.4 is 0 Å². The smallest absolute Gasteiger partial charge is 0.331 e. The van der Waals surface area contributed by atoms with Crippen molar-refractivity contribution in [3.05, 3.63) is 53.9 Å². The van der Waals surface area contributed by atoms with Crippen LogP contribution in [-0.2, 0) is 33.4 Å². The van der Waals surface area contributed by atoms with Crippen LogP contribution in [0.4, 0.5) is 4.39 Å². The van der Waals surface area contributed by atoms with Gasteiger partial charge in [-0.05, 0) is 66.4 Å². The van der Waals surface area contributed by atoms with Gasteiger partial charge in [-0.1, -0.05) is 32.6 Å². The molecule has 2 aliphatic heterocycles. The molecule has 2 saturated heterocycles. The summed E-state index contributed by atoms with van der Waals surface area (Å²) in [5, 5.41) is 0. The fraction of sp³-hybridized carbons (Fsp3) is 0.517. The molecule has 0 N–H and O–H groups in total. The lowest BCUT2D eigenvalue weighted by Gasteiger charge is -2.61. The first-order chi connectivity index (χ1) is 17.5. The number of rotatable bonds is 3. The van der Waals surface area contributed by atoms with Crippen molar-refractivity contribution in [2.75, 3.05) is 6.61 Å². The van der Waals surface area contributed by atoms with Gasteiger partial charge >= 0.3 is 17.9 Å². The van der Waals surface area contributed by atoms with Crippen LogP contribution in [-0.4, -0.2) is 42.5 Å². The van der Waals surface area contributed by atoms with Crippen LogP contribution in [0.15, 0.2) is 42.5 Å². The number of hydrogen-bond acceptors (Lipinski definition) is 7. The normalized spacial score (nSPS) is 39.5. The lowest BCUT2D eigenvalue weighted by atomic mass is 9.43. The van der Waals surface area contributed by atoms with E-state index in [-0.39, 0.29) is 18.1 Å². The number of hydrogen-bond donors (Lipinski definition) is 0. The number of halogens is 1. The topological polar surface area (TPSA) is 96.0 Å². The number of cyclic esters (lactones) is 1. The molecule has 0 amide bonds. The van der Waals surface area contributed by atoms with E-state index in [1.807, 2.05) is 13.8 Å². The first-order valence-electron chi connectivity index (χ1n) is 12.8. The van der Waals surface area contributed by atoms with Gasteiger partial charge in [0.25, 0.3) is 0 Å². The third kappa shape index (κ3) is 3.04. The molecule has 1 aromatic rings. The summed E-state index contributed by atoms with van der Waals surface area (Å²) in [5.74, 6) is -4.24. The van der Waals surface area contributed by atoms with Crippen molar-refractivity contribution in [3.8, 4) is 0 Å². The van der Waals surface area contributed by atoms with Crippen molar-refractivity contribution in [2.45, 2.75) is 51.7 Å². The van der Waals surface area contributed by atoms with Gasteiger partial charge < -0.3 is 14.2 Å². The van der Waals surface area contributed by atoms with Crippen LogP contribution >= 0.6 is 0 Å². The maximum atomic E-state index is 13.9. The highest BCUT2D eigenvalue weighted by Gasteiger charge is 2.81. The second-order valence-electron chi connectivity index (χ2n) is 11.8. The van der Waals surface area contributed by atoms with Gasteiger partial charge in [0.1, 0.15) is 24.6 Å². The lowest BCUT2D eigenvalue weighted by Crippen LogP contribution is -2.71. The van der Waals surface area contributed by atoms with Crippen molar-refractivity contribution in [3.63, 3.8) is 0 Å². The second kappa shape index (κ2) is 7.85. The molecule has 7 nitrogen and oxygen atoms in total. The molecule has 0 unspecified atom stereocenters. The summed E-state index contributed by atoms with van der Waals surface area (Å²) in [6.07, 6.45) is 3.31. The van der Waals surface area contributed by atoms with Crippen molar-refractivity contribution < 1.29 is 37.8 Å². The summed E-state index contributed by atoms with van der Waals surface area (Å²) in [6, 6.07) is 5.59. The summed E-state index contributed by atoms with van der Waals surface area (Å²) in [7, 11) is 0. The number of carbonyl (C=O) groups is 4. The summed E-state index contributed by atoms with van der Waals surface area (Å²) in [5.41, 5.74) is -2.18. The minimum absolute atomic E-state index is 0.0693. The number of benzene rings is 1. The van der Waals surface area contributed by atoms with E-state index < -0.39 is 69.7 Å². The Labute approximate surface area is 214 Å².